The Labute approximate surface area is 121 Å². The normalized spacial score (nSPS) is 9.81. The molecule has 2 N–H and O–H groups in total. The van der Waals surface area contributed by atoms with Crippen LogP contribution in [-0.4, -0.2) is 36.2 Å². The number of aryl methyl sites for hydroxylation is 2. The summed E-state index contributed by atoms with van der Waals surface area (Å²) in [6.07, 6.45) is 1.96. The molecule has 1 aromatic rings. The quantitative estimate of drug-likeness (QED) is 0.591. The number of carbonyl (C=O) groups is 3. The van der Waals surface area contributed by atoms with E-state index in [0.29, 0.717) is 17.9 Å². The molecule has 0 saturated carbocycles. The van der Waals surface area contributed by atoms with Crippen molar-refractivity contribution in [2.24, 2.45) is 0 Å². The van der Waals surface area contributed by atoms with E-state index in [1.54, 1.807) is 6.92 Å². The van der Waals surface area contributed by atoms with Crippen LogP contribution in [0.1, 0.15) is 28.7 Å². The van der Waals surface area contributed by atoms with E-state index in [1.165, 1.54) is 6.08 Å². The molecular formula is C13H17N3O5. The van der Waals surface area contributed by atoms with Gasteiger partial charge in [-0.2, -0.15) is 0 Å². The minimum atomic E-state index is -0.739. The van der Waals surface area contributed by atoms with Crippen LogP contribution in [-0.2, 0) is 16.0 Å². The number of ether oxygens (including phenoxy) is 1. The van der Waals surface area contributed by atoms with Gasteiger partial charge in [0.05, 0.1) is 5.69 Å². The molecule has 0 bridgehead atoms. The number of carbonyl (C=O) groups excluding carboxylic acids is 3. The van der Waals surface area contributed by atoms with Gasteiger partial charge in [-0.05, 0) is 13.3 Å². The summed E-state index contributed by atoms with van der Waals surface area (Å²) in [5, 5.41) is 8.07. The van der Waals surface area contributed by atoms with E-state index in [4.69, 9.17) is 9.26 Å². The van der Waals surface area contributed by atoms with Crippen molar-refractivity contribution >= 4 is 17.9 Å². The second-order valence-corrected chi connectivity index (χ2v) is 4.04. The van der Waals surface area contributed by atoms with Crippen LogP contribution >= 0.6 is 0 Å². The molecule has 0 fully saturated rings. The molecule has 114 valence electrons. The van der Waals surface area contributed by atoms with Crippen molar-refractivity contribution in [3.05, 3.63) is 29.7 Å². The number of rotatable bonds is 6. The highest BCUT2D eigenvalue weighted by atomic mass is 16.5. The molecular weight excluding hydrogens is 278 g/mol. The van der Waals surface area contributed by atoms with Crippen LogP contribution in [0.5, 0.6) is 0 Å². The molecule has 8 nitrogen and oxygen atoms in total. The zero-order valence-corrected chi connectivity index (χ0v) is 11.9. The lowest BCUT2D eigenvalue weighted by Crippen LogP contribution is -2.41. The molecule has 0 aliphatic rings. The standard InChI is InChI=1S/C13H17N3O5/c1-4-6-14-13(19)15-10(17)7-20-12(18)11-8(3)21-16-9(11)5-2/h4H,1,5-7H2,2-3H3,(H2,14,15,17,19). The summed E-state index contributed by atoms with van der Waals surface area (Å²) >= 11 is 0. The molecule has 0 aromatic carbocycles. The molecule has 0 spiro atoms. The summed E-state index contributed by atoms with van der Waals surface area (Å²) in [6, 6.07) is -0.689. The van der Waals surface area contributed by atoms with Gasteiger partial charge < -0.3 is 14.6 Å². The highest BCUT2D eigenvalue weighted by Crippen LogP contribution is 2.14. The maximum absolute atomic E-state index is 11.9. The summed E-state index contributed by atoms with van der Waals surface area (Å²) in [5.41, 5.74) is 0.669. The Morgan fingerprint density at radius 1 is 1.43 bits per heavy atom. The van der Waals surface area contributed by atoms with Crippen molar-refractivity contribution in [3.8, 4) is 0 Å². The van der Waals surface area contributed by atoms with Gasteiger partial charge in [0.25, 0.3) is 5.91 Å². The predicted octanol–water partition coefficient (Wildman–Crippen LogP) is 0.714. The average molecular weight is 295 g/mol. The number of aromatic nitrogens is 1. The fraction of sp³-hybridized carbons (Fsp3) is 0.385. The van der Waals surface area contributed by atoms with Gasteiger partial charge in [0.2, 0.25) is 0 Å². The minimum absolute atomic E-state index is 0.210. The van der Waals surface area contributed by atoms with Crippen molar-refractivity contribution in [2.45, 2.75) is 20.3 Å². The number of esters is 1. The fourth-order valence-electron chi connectivity index (χ4n) is 1.50. The number of hydrogen-bond donors (Lipinski definition) is 2. The van der Waals surface area contributed by atoms with Gasteiger partial charge in [0.1, 0.15) is 11.3 Å². The van der Waals surface area contributed by atoms with Crippen LogP contribution in [0.15, 0.2) is 17.2 Å². The Morgan fingerprint density at radius 3 is 2.76 bits per heavy atom. The van der Waals surface area contributed by atoms with Crippen molar-refractivity contribution in [3.63, 3.8) is 0 Å². The van der Waals surface area contributed by atoms with Crippen LogP contribution in [0.2, 0.25) is 0 Å². The van der Waals surface area contributed by atoms with Crippen LogP contribution in [0, 0.1) is 6.92 Å². The van der Waals surface area contributed by atoms with Crippen LogP contribution in [0.25, 0.3) is 0 Å². The first kappa shape index (κ1) is 16.4. The molecule has 0 radical (unpaired) electrons. The summed E-state index contributed by atoms with van der Waals surface area (Å²) in [7, 11) is 0. The molecule has 1 heterocycles. The smallest absolute Gasteiger partial charge is 0.344 e. The SMILES string of the molecule is C=CCNC(=O)NC(=O)COC(=O)c1c(CC)noc1C. The summed E-state index contributed by atoms with van der Waals surface area (Å²) in [5.74, 6) is -1.13. The molecule has 0 aliphatic carbocycles. The zero-order valence-electron chi connectivity index (χ0n) is 11.9. The molecule has 3 amide bonds. The minimum Gasteiger partial charge on any atom is -0.452 e. The zero-order chi connectivity index (χ0) is 15.8. The van der Waals surface area contributed by atoms with Crippen LogP contribution in [0.3, 0.4) is 0 Å². The highest BCUT2D eigenvalue weighted by Gasteiger charge is 2.21. The second kappa shape index (κ2) is 7.83. The highest BCUT2D eigenvalue weighted by molar-refractivity contribution is 5.97. The molecule has 0 aliphatic heterocycles. The van der Waals surface area contributed by atoms with E-state index in [0.717, 1.165) is 0 Å². The third-order valence-electron chi connectivity index (χ3n) is 2.47. The van der Waals surface area contributed by atoms with Gasteiger partial charge in [0.15, 0.2) is 6.61 Å². The van der Waals surface area contributed by atoms with Gasteiger partial charge in [-0.15, -0.1) is 6.58 Å². The van der Waals surface area contributed by atoms with Crippen molar-refractivity contribution < 1.29 is 23.6 Å². The predicted molar refractivity (Wildman–Crippen MR) is 72.6 cm³/mol. The molecule has 1 aromatic heterocycles. The van der Waals surface area contributed by atoms with Crippen LogP contribution < -0.4 is 10.6 Å². The largest absolute Gasteiger partial charge is 0.452 e. The van der Waals surface area contributed by atoms with Gasteiger partial charge in [-0.25, -0.2) is 9.59 Å². The number of hydrogen-bond acceptors (Lipinski definition) is 6. The number of nitrogens with one attached hydrogen (secondary N) is 2. The number of urea groups is 1. The van der Waals surface area contributed by atoms with E-state index in [9.17, 15) is 14.4 Å². The fourth-order valence-corrected chi connectivity index (χ4v) is 1.50. The van der Waals surface area contributed by atoms with Gasteiger partial charge in [-0.1, -0.05) is 18.2 Å². The summed E-state index contributed by atoms with van der Waals surface area (Å²) in [4.78, 5) is 34.5. The van der Waals surface area contributed by atoms with Crippen molar-refractivity contribution in [2.75, 3.05) is 13.2 Å². The lowest BCUT2D eigenvalue weighted by atomic mass is 10.1. The second-order valence-electron chi connectivity index (χ2n) is 4.04. The number of imide groups is 1. The van der Waals surface area contributed by atoms with Gasteiger partial charge in [0, 0.05) is 6.54 Å². The molecule has 1 rings (SSSR count). The Kier molecular flexibility index (Phi) is 6.12. The third-order valence-corrected chi connectivity index (χ3v) is 2.47. The first-order valence-electron chi connectivity index (χ1n) is 6.30. The molecule has 0 atom stereocenters. The van der Waals surface area contributed by atoms with Crippen molar-refractivity contribution in [1.29, 1.82) is 0 Å². The van der Waals surface area contributed by atoms with Crippen LogP contribution in [0.4, 0.5) is 4.79 Å². The van der Waals surface area contributed by atoms with E-state index >= 15 is 0 Å². The van der Waals surface area contributed by atoms with E-state index in [2.05, 4.69) is 17.1 Å². The molecule has 0 unspecified atom stereocenters. The molecule has 21 heavy (non-hydrogen) atoms. The first-order valence-corrected chi connectivity index (χ1v) is 6.30. The Bertz CT molecular complexity index is 550. The number of nitrogens with zero attached hydrogens (tertiary/aromatic N) is 1. The number of amides is 3. The van der Waals surface area contributed by atoms with E-state index < -0.39 is 24.5 Å². The maximum atomic E-state index is 11.9. The Balaban J connectivity index is 2.49. The Hall–Kier alpha value is -2.64. The lowest BCUT2D eigenvalue weighted by Gasteiger charge is -2.06. The monoisotopic (exact) mass is 295 g/mol. The van der Waals surface area contributed by atoms with E-state index in [-0.39, 0.29) is 12.1 Å². The molecule has 8 heteroatoms. The molecule has 0 saturated heterocycles. The lowest BCUT2D eigenvalue weighted by molar-refractivity contribution is -0.123. The van der Waals surface area contributed by atoms with E-state index in [1.807, 2.05) is 12.2 Å². The van der Waals surface area contributed by atoms with Crippen molar-refractivity contribution in [1.82, 2.24) is 15.8 Å². The summed E-state index contributed by atoms with van der Waals surface area (Å²) < 4.78 is 9.72. The average Bonchev–Trinajstić information content (AvgIpc) is 2.83. The maximum Gasteiger partial charge on any atom is 0.344 e. The van der Waals surface area contributed by atoms with Gasteiger partial charge >= 0.3 is 12.0 Å². The topological polar surface area (TPSA) is 111 Å². The van der Waals surface area contributed by atoms with Gasteiger partial charge in [-0.3, -0.25) is 10.1 Å². The Morgan fingerprint density at radius 2 is 2.14 bits per heavy atom. The summed E-state index contributed by atoms with van der Waals surface area (Å²) in [6.45, 7) is 6.44. The first-order chi connectivity index (χ1) is 9.99. The third kappa shape index (κ3) is 4.75.